The maximum Gasteiger partial charge on any atom is 0.306 e. The minimum absolute atomic E-state index is 0.0223. The molecule has 2 N–H and O–H groups in total. The number of hydrogen-bond donors (Lipinski definition) is 2. The standard InChI is InChI=1S/C10H14O7S/c11-7(12)3-5-16-9(15)1-2-10(18)17-6-4-8(13)14/h1-6H2,(H,11,12)(H,13,14). The first-order valence-electron chi connectivity index (χ1n) is 5.16. The summed E-state index contributed by atoms with van der Waals surface area (Å²) < 4.78 is 9.51. The summed E-state index contributed by atoms with van der Waals surface area (Å²) >= 11 is 4.76. The van der Waals surface area contributed by atoms with Crippen LogP contribution in [-0.4, -0.2) is 46.4 Å². The number of aliphatic carboxylic acids is 2. The molecule has 7 nitrogen and oxygen atoms in total. The predicted octanol–water partition coefficient (Wildman–Crippen LogP) is 0.603. The molecule has 102 valence electrons. The highest BCUT2D eigenvalue weighted by molar-refractivity contribution is 7.80. The van der Waals surface area contributed by atoms with Gasteiger partial charge in [-0.25, -0.2) is 0 Å². The molecule has 0 saturated carbocycles. The number of carboxylic acids is 2. The summed E-state index contributed by atoms with van der Waals surface area (Å²) in [7, 11) is 0. The van der Waals surface area contributed by atoms with Gasteiger partial charge in [-0.05, 0) is 12.2 Å². The van der Waals surface area contributed by atoms with Gasteiger partial charge in [0, 0.05) is 6.42 Å². The number of carbonyl (C=O) groups excluding carboxylic acids is 1. The van der Waals surface area contributed by atoms with Crippen molar-refractivity contribution in [2.75, 3.05) is 13.2 Å². The fourth-order valence-corrected chi connectivity index (χ4v) is 1.04. The molecule has 0 aliphatic rings. The minimum atomic E-state index is -1.05. The fraction of sp³-hybridized carbons (Fsp3) is 0.600. The molecule has 0 spiro atoms. The van der Waals surface area contributed by atoms with Crippen LogP contribution in [0, 0.1) is 0 Å². The van der Waals surface area contributed by atoms with Gasteiger partial charge in [0.25, 0.3) is 0 Å². The number of hydrogen-bond acceptors (Lipinski definition) is 6. The van der Waals surface area contributed by atoms with Gasteiger partial charge in [-0.3, -0.25) is 14.4 Å². The van der Waals surface area contributed by atoms with E-state index in [1.807, 2.05) is 0 Å². The molecule has 8 heteroatoms. The second-order valence-electron chi connectivity index (χ2n) is 3.23. The highest BCUT2D eigenvalue weighted by atomic mass is 32.1. The summed E-state index contributed by atoms with van der Waals surface area (Å²) in [5, 5.41) is 16.8. The average molecular weight is 278 g/mol. The zero-order chi connectivity index (χ0) is 14.0. The van der Waals surface area contributed by atoms with E-state index in [1.54, 1.807) is 0 Å². The molecule has 0 amide bonds. The minimum Gasteiger partial charge on any atom is -0.486 e. The molecule has 0 aromatic rings. The lowest BCUT2D eigenvalue weighted by Gasteiger charge is -2.06. The Bertz CT molecular complexity index is 294. The largest absolute Gasteiger partial charge is 0.486 e. The van der Waals surface area contributed by atoms with Crippen molar-refractivity contribution in [2.45, 2.75) is 25.7 Å². The van der Waals surface area contributed by atoms with E-state index in [2.05, 4.69) is 4.74 Å². The Hall–Kier alpha value is -1.70. The van der Waals surface area contributed by atoms with E-state index in [0.29, 0.717) is 0 Å². The van der Waals surface area contributed by atoms with E-state index in [4.69, 9.17) is 27.2 Å². The molecule has 0 saturated heterocycles. The van der Waals surface area contributed by atoms with Crippen molar-refractivity contribution in [2.24, 2.45) is 0 Å². The Kier molecular flexibility index (Phi) is 8.46. The van der Waals surface area contributed by atoms with Gasteiger partial charge < -0.3 is 19.7 Å². The summed E-state index contributed by atoms with van der Waals surface area (Å²) in [6.07, 6.45) is -0.291. The van der Waals surface area contributed by atoms with E-state index >= 15 is 0 Å². The number of ether oxygens (including phenoxy) is 2. The van der Waals surface area contributed by atoms with Crippen LogP contribution in [0.3, 0.4) is 0 Å². The fourth-order valence-electron chi connectivity index (χ4n) is 0.853. The van der Waals surface area contributed by atoms with Crippen molar-refractivity contribution in [3.8, 4) is 0 Å². The molecule has 0 heterocycles. The third-order valence-corrected chi connectivity index (χ3v) is 2.01. The lowest BCUT2D eigenvalue weighted by Crippen LogP contribution is -2.12. The normalized spacial score (nSPS) is 9.56. The molecule has 0 bridgehead atoms. The van der Waals surface area contributed by atoms with Crippen LogP contribution in [0.25, 0.3) is 0 Å². The Labute approximate surface area is 109 Å². The van der Waals surface area contributed by atoms with Crippen molar-refractivity contribution >= 4 is 35.2 Å². The third-order valence-electron chi connectivity index (χ3n) is 1.69. The second-order valence-corrected chi connectivity index (χ2v) is 3.68. The molecule has 0 aliphatic heterocycles. The second kappa shape index (κ2) is 9.34. The van der Waals surface area contributed by atoms with E-state index < -0.39 is 17.9 Å². The Morgan fingerprint density at radius 2 is 1.33 bits per heavy atom. The Morgan fingerprint density at radius 3 is 1.83 bits per heavy atom. The van der Waals surface area contributed by atoms with Gasteiger partial charge in [0.1, 0.15) is 6.61 Å². The first-order valence-corrected chi connectivity index (χ1v) is 5.57. The summed E-state index contributed by atoms with van der Waals surface area (Å²) in [6.45, 7) is -0.219. The molecule has 18 heavy (non-hydrogen) atoms. The smallest absolute Gasteiger partial charge is 0.306 e. The topological polar surface area (TPSA) is 110 Å². The van der Waals surface area contributed by atoms with Gasteiger partial charge in [-0.2, -0.15) is 0 Å². The van der Waals surface area contributed by atoms with Crippen LogP contribution in [-0.2, 0) is 23.9 Å². The molecular weight excluding hydrogens is 264 g/mol. The van der Waals surface area contributed by atoms with Crippen LogP contribution in [0.1, 0.15) is 25.7 Å². The van der Waals surface area contributed by atoms with E-state index in [9.17, 15) is 14.4 Å². The van der Waals surface area contributed by atoms with E-state index in [0.717, 1.165) is 0 Å². The van der Waals surface area contributed by atoms with Crippen LogP contribution in [0.2, 0.25) is 0 Å². The van der Waals surface area contributed by atoms with Gasteiger partial charge in [0.2, 0.25) is 0 Å². The number of carboxylic acid groups (broad SMARTS) is 2. The molecule has 0 aromatic carbocycles. The Morgan fingerprint density at radius 1 is 0.833 bits per heavy atom. The van der Waals surface area contributed by atoms with Crippen molar-refractivity contribution < 1.29 is 34.1 Å². The van der Waals surface area contributed by atoms with Crippen LogP contribution < -0.4 is 0 Å². The number of thiocarbonyl (C=S) groups is 1. The average Bonchev–Trinajstić information content (AvgIpc) is 2.25. The number of rotatable bonds is 9. The maximum absolute atomic E-state index is 11.1. The van der Waals surface area contributed by atoms with Crippen molar-refractivity contribution in [3.63, 3.8) is 0 Å². The van der Waals surface area contributed by atoms with Gasteiger partial charge in [-0.1, -0.05) is 0 Å². The van der Waals surface area contributed by atoms with Gasteiger partial charge in [0.05, 0.1) is 25.9 Å². The van der Waals surface area contributed by atoms with Crippen LogP contribution in [0.15, 0.2) is 0 Å². The summed E-state index contributed by atoms with van der Waals surface area (Å²) in [6, 6.07) is 0. The van der Waals surface area contributed by atoms with Crippen LogP contribution >= 0.6 is 12.2 Å². The molecule has 0 aromatic heterocycles. The lowest BCUT2D eigenvalue weighted by atomic mass is 10.3. The Balaban J connectivity index is 3.56. The van der Waals surface area contributed by atoms with E-state index in [-0.39, 0.29) is 43.9 Å². The van der Waals surface area contributed by atoms with Gasteiger partial charge in [-0.15, -0.1) is 0 Å². The maximum atomic E-state index is 11.1. The third kappa shape index (κ3) is 10.8. The number of carbonyl (C=O) groups is 3. The first-order chi connectivity index (χ1) is 8.41. The summed E-state index contributed by atoms with van der Waals surface area (Å²) in [4.78, 5) is 31.4. The molecule has 0 aliphatic carbocycles. The van der Waals surface area contributed by atoms with Crippen molar-refractivity contribution in [1.82, 2.24) is 0 Å². The predicted molar refractivity (Wildman–Crippen MR) is 63.2 cm³/mol. The SMILES string of the molecule is O=C(O)CCOC(=O)CCC(=S)OCCC(=O)O. The molecule has 0 atom stereocenters. The lowest BCUT2D eigenvalue weighted by molar-refractivity contribution is -0.146. The molecule has 0 unspecified atom stereocenters. The summed E-state index contributed by atoms with van der Waals surface area (Å²) in [5.41, 5.74) is 0. The van der Waals surface area contributed by atoms with Crippen molar-refractivity contribution in [1.29, 1.82) is 0 Å². The quantitative estimate of drug-likeness (QED) is 0.466. The number of esters is 1. The molecule has 0 rings (SSSR count). The zero-order valence-electron chi connectivity index (χ0n) is 9.59. The zero-order valence-corrected chi connectivity index (χ0v) is 10.4. The van der Waals surface area contributed by atoms with E-state index in [1.165, 1.54) is 0 Å². The molecule has 0 radical (unpaired) electrons. The monoisotopic (exact) mass is 278 g/mol. The van der Waals surface area contributed by atoms with Gasteiger partial charge in [0.15, 0.2) is 5.05 Å². The highest BCUT2D eigenvalue weighted by Crippen LogP contribution is 1.99. The van der Waals surface area contributed by atoms with Gasteiger partial charge >= 0.3 is 17.9 Å². The highest BCUT2D eigenvalue weighted by Gasteiger charge is 2.08. The molecule has 0 fully saturated rings. The first kappa shape index (κ1) is 16.3. The summed E-state index contributed by atoms with van der Waals surface area (Å²) in [5.74, 6) is -2.61. The van der Waals surface area contributed by atoms with Crippen LogP contribution in [0.4, 0.5) is 0 Å². The van der Waals surface area contributed by atoms with Crippen molar-refractivity contribution in [3.05, 3.63) is 0 Å². The molecular formula is C10H14O7S. The van der Waals surface area contributed by atoms with Crippen LogP contribution in [0.5, 0.6) is 0 Å².